The zero-order chi connectivity index (χ0) is 12.1. The first-order valence-corrected chi connectivity index (χ1v) is 7.98. The van der Waals surface area contributed by atoms with E-state index in [4.69, 9.17) is 0 Å². The Labute approximate surface area is 110 Å². The summed E-state index contributed by atoms with van der Waals surface area (Å²) in [6.07, 6.45) is 8.11. The van der Waals surface area contributed by atoms with Crippen LogP contribution in [0.3, 0.4) is 0 Å². The summed E-state index contributed by atoms with van der Waals surface area (Å²) in [5, 5.41) is 3.78. The molecule has 1 aliphatic carbocycles. The lowest BCUT2D eigenvalue weighted by molar-refractivity contribution is 0.373. The standard InChI is InChI=1S/C15H25NS/c1-3-11-16-15(12-7-5-6-8-12)14-10-9-13(4-2)17-14/h9-10,12,15-16H,3-8,11H2,1-2H3. The van der Waals surface area contributed by atoms with E-state index in [1.165, 1.54) is 43.4 Å². The van der Waals surface area contributed by atoms with Gasteiger partial charge >= 0.3 is 0 Å². The normalized spacial score (nSPS) is 18.7. The molecule has 1 N–H and O–H groups in total. The van der Waals surface area contributed by atoms with Crippen molar-refractivity contribution in [3.05, 3.63) is 21.9 Å². The van der Waals surface area contributed by atoms with Gasteiger partial charge in [0.25, 0.3) is 0 Å². The Hall–Kier alpha value is -0.340. The van der Waals surface area contributed by atoms with Gasteiger partial charge in [0.05, 0.1) is 0 Å². The van der Waals surface area contributed by atoms with Gasteiger partial charge in [-0.1, -0.05) is 26.7 Å². The molecule has 1 fully saturated rings. The minimum absolute atomic E-state index is 0.628. The van der Waals surface area contributed by atoms with Crippen molar-refractivity contribution < 1.29 is 0 Å². The number of nitrogens with one attached hydrogen (secondary N) is 1. The third-order valence-electron chi connectivity index (χ3n) is 3.82. The lowest BCUT2D eigenvalue weighted by Gasteiger charge is -2.23. The van der Waals surface area contributed by atoms with Crippen molar-refractivity contribution in [2.45, 2.75) is 58.4 Å². The molecule has 1 heterocycles. The zero-order valence-electron chi connectivity index (χ0n) is 11.2. The van der Waals surface area contributed by atoms with Crippen LogP contribution in [0, 0.1) is 5.92 Å². The zero-order valence-corrected chi connectivity index (χ0v) is 12.0. The second-order valence-electron chi connectivity index (χ2n) is 5.13. The SMILES string of the molecule is CCCNC(c1ccc(CC)s1)C1CCCC1. The molecule has 17 heavy (non-hydrogen) atoms. The number of thiophene rings is 1. The van der Waals surface area contributed by atoms with Crippen LogP contribution in [-0.2, 0) is 6.42 Å². The molecule has 0 radical (unpaired) electrons. The molecule has 1 unspecified atom stereocenters. The molecule has 1 aromatic heterocycles. The average molecular weight is 251 g/mol. The molecule has 0 aromatic carbocycles. The van der Waals surface area contributed by atoms with Crippen LogP contribution in [0.15, 0.2) is 12.1 Å². The molecule has 0 aliphatic heterocycles. The Bertz CT molecular complexity index is 325. The highest BCUT2D eigenvalue weighted by Gasteiger charge is 2.26. The molecule has 0 amide bonds. The van der Waals surface area contributed by atoms with Gasteiger partial charge < -0.3 is 5.32 Å². The second kappa shape index (κ2) is 6.55. The Balaban J connectivity index is 2.07. The minimum Gasteiger partial charge on any atom is -0.309 e. The van der Waals surface area contributed by atoms with Gasteiger partial charge in [0.1, 0.15) is 0 Å². The summed E-state index contributed by atoms with van der Waals surface area (Å²) in [6.45, 7) is 5.66. The van der Waals surface area contributed by atoms with Crippen molar-refractivity contribution in [1.29, 1.82) is 0 Å². The van der Waals surface area contributed by atoms with E-state index in [0.717, 1.165) is 12.5 Å². The highest BCUT2D eigenvalue weighted by Crippen LogP contribution is 2.38. The van der Waals surface area contributed by atoms with Crippen molar-refractivity contribution in [2.24, 2.45) is 5.92 Å². The molecule has 96 valence electrons. The molecule has 2 rings (SSSR count). The van der Waals surface area contributed by atoms with Crippen LogP contribution in [0.4, 0.5) is 0 Å². The van der Waals surface area contributed by atoms with Crippen molar-refractivity contribution in [1.82, 2.24) is 5.32 Å². The third-order valence-corrected chi connectivity index (χ3v) is 5.14. The van der Waals surface area contributed by atoms with E-state index in [0.29, 0.717) is 6.04 Å². The van der Waals surface area contributed by atoms with Crippen LogP contribution in [0.25, 0.3) is 0 Å². The highest BCUT2D eigenvalue weighted by atomic mass is 32.1. The molecule has 1 saturated carbocycles. The predicted molar refractivity (Wildman–Crippen MR) is 76.7 cm³/mol. The number of rotatable bonds is 6. The summed E-state index contributed by atoms with van der Waals surface area (Å²) >= 11 is 2.02. The third kappa shape index (κ3) is 3.32. The quantitative estimate of drug-likeness (QED) is 0.782. The lowest BCUT2D eigenvalue weighted by Crippen LogP contribution is -2.27. The lowest BCUT2D eigenvalue weighted by atomic mass is 9.96. The highest BCUT2D eigenvalue weighted by molar-refractivity contribution is 7.12. The van der Waals surface area contributed by atoms with Crippen LogP contribution in [0.1, 0.15) is 61.7 Å². The summed E-state index contributed by atoms with van der Waals surface area (Å²) in [4.78, 5) is 3.10. The maximum Gasteiger partial charge on any atom is 0.0443 e. The minimum atomic E-state index is 0.628. The molecule has 1 nitrogen and oxygen atoms in total. The molecule has 1 aromatic rings. The predicted octanol–water partition coefficient (Wildman–Crippen LogP) is 4.54. The Kier molecular flexibility index (Phi) is 5.05. The first-order chi connectivity index (χ1) is 8.35. The van der Waals surface area contributed by atoms with Crippen LogP contribution < -0.4 is 5.32 Å². The maximum absolute atomic E-state index is 3.78. The molecular formula is C15H25NS. The Morgan fingerprint density at radius 2 is 2.06 bits per heavy atom. The average Bonchev–Trinajstić information content (AvgIpc) is 3.00. The van der Waals surface area contributed by atoms with E-state index < -0.39 is 0 Å². The molecule has 0 spiro atoms. The van der Waals surface area contributed by atoms with Gasteiger partial charge in [-0.2, -0.15) is 0 Å². The topological polar surface area (TPSA) is 12.0 Å². The van der Waals surface area contributed by atoms with Crippen molar-refractivity contribution >= 4 is 11.3 Å². The van der Waals surface area contributed by atoms with Crippen molar-refractivity contribution in [2.75, 3.05) is 6.54 Å². The number of hydrogen-bond acceptors (Lipinski definition) is 2. The van der Waals surface area contributed by atoms with Crippen molar-refractivity contribution in [3.63, 3.8) is 0 Å². The Morgan fingerprint density at radius 1 is 1.29 bits per heavy atom. The monoisotopic (exact) mass is 251 g/mol. The Morgan fingerprint density at radius 3 is 2.65 bits per heavy atom. The van der Waals surface area contributed by atoms with Crippen LogP contribution in [0.2, 0.25) is 0 Å². The first-order valence-electron chi connectivity index (χ1n) is 7.17. The smallest absolute Gasteiger partial charge is 0.0443 e. The largest absolute Gasteiger partial charge is 0.309 e. The summed E-state index contributed by atoms with van der Waals surface area (Å²) in [5.41, 5.74) is 0. The van der Waals surface area contributed by atoms with Gasteiger partial charge in [-0.3, -0.25) is 0 Å². The van der Waals surface area contributed by atoms with Gasteiger partial charge in [0, 0.05) is 15.8 Å². The van der Waals surface area contributed by atoms with E-state index >= 15 is 0 Å². The summed E-state index contributed by atoms with van der Waals surface area (Å²) < 4.78 is 0. The van der Waals surface area contributed by atoms with E-state index in [9.17, 15) is 0 Å². The number of aryl methyl sites for hydroxylation is 1. The fourth-order valence-electron chi connectivity index (χ4n) is 2.84. The van der Waals surface area contributed by atoms with E-state index in [1.807, 2.05) is 11.3 Å². The number of hydrogen-bond donors (Lipinski definition) is 1. The maximum atomic E-state index is 3.78. The summed E-state index contributed by atoms with van der Waals surface area (Å²) in [7, 11) is 0. The van der Waals surface area contributed by atoms with Crippen molar-refractivity contribution in [3.8, 4) is 0 Å². The fourth-order valence-corrected chi connectivity index (χ4v) is 3.96. The van der Waals surface area contributed by atoms with Gasteiger partial charge in [0.15, 0.2) is 0 Å². The molecule has 1 aliphatic rings. The molecule has 0 bridgehead atoms. The van der Waals surface area contributed by atoms with Gasteiger partial charge in [0.2, 0.25) is 0 Å². The van der Waals surface area contributed by atoms with E-state index in [-0.39, 0.29) is 0 Å². The molecule has 2 heteroatoms. The van der Waals surface area contributed by atoms with Gasteiger partial charge in [-0.25, -0.2) is 0 Å². The second-order valence-corrected chi connectivity index (χ2v) is 6.33. The van der Waals surface area contributed by atoms with Gasteiger partial charge in [-0.15, -0.1) is 11.3 Å². The summed E-state index contributed by atoms with van der Waals surface area (Å²) in [5.74, 6) is 0.880. The van der Waals surface area contributed by atoms with E-state index in [1.54, 1.807) is 4.88 Å². The van der Waals surface area contributed by atoms with E-state index in [2.05, 4.69) is 31.3 Å². The van der Waals surface area contributed by atoms with Crippen LogP contribution in [-0.4, -0.2) is 6.54 Å². The first kappa shape index (κ1) is 13.1. The fraction of sp³-hybridized carbons (Fsp3) is 0.733. The molecular weight excluding hydrogens is 226 g/mol. The summed E-state index contributed by atoms with van der Waals surface area (Å²) in [6, 6.07) is 5.30. The van der Waals surface area contributed by atoms with Gasteiger partial charge in [-0.05, 0) is 50.3 Å². The molecule has 1 atom stereocenters. The van der Waals surface area contributed by atoms with Crippen LogP contribution in [0.5, 0.6) is 0 Å². The van der Waals surface area contributed by atoms with Crippen LogP contribution >= 0.6 is 11.3 Å². The molecule has 0 saturated heterocycles.